The molecule has 1 aromatic rings. The van der Waals surface area contributed by atoms with Crippen LogP contribution >= 0.6 is 0 Å². The van der Waals surface area contributed by atoms with Gasteiger partial charge in [0.2, 0.25) is 0 Å². The van der Waals surface area contributed by atoms with Crippen molar-refractivity contribution in [3.05, 3.63) is 29.8 Å². The van der Waals surface area contributed by atoms with Gasteiger partial charge in [0.25, 0.3) is 0 Å². The highest BCUT2D eigenvalue weighted by Crippen LogP contribution is 2.36. The van der Waals surface area contributed by atoms with E-state index in [1.54, 1.807) is 0 Å². The Morgan fingerprint density at radius 3 is 2.75 bits per heavy atom. The highest BCUT2D eigenvalue weighted by Gasteiger charge is 2.30. The van der Waals surface area contributed by atoms with Crippen molar-refractivity contribution in [3.63, 3.8) is 0 Å². The molecule has 0 amide bonds. The number of rotatable bonds is 3. The number of para-hydroxylation sites is 1. The SMILES string of the molecule is CCC1(C)CCN(CC2CCNc3ccccc32)CC1. The van der Waals surface area contributed by atoms with Gasteiger partial charge in [-0.3, -0.25) is 0 Å². The third-order valence-electron chi connectivity index (χ3n) is 5.60. The molecule has 0 aromatic heterocycles. The molecule has 0 saturated carbocycles. The minimum Gasteiger partial charge on any atom is -0.385 e. The summed E-state index contributed by atoms with van der Waals surface area (Å²) in [5.74, 6) is 0.721. The molecule has 0 aliphatic carbocycles. The maximum Gasteiger partial charge on any atom is 0.0376 e. The van der Waals surface area contributed by atoms with E-state index in [0.29, 0.717) is 5.41 Å². The molecule has 2 nitrogen and oxygen atoms in total. The quantitative estimate of drug-likeness (QED) is 0.891. The summed E-state index contributed by atoms with van der Waals surface area (Å²) in [6.45, 7) is 9.76. The van der Waals surface area contributed by atoms with E-state index >= 15 is 0 Å². The molecule has 1 aromatic carbocycles. The molecule has 2 heterocycles. The fourth-order valence-corrected chi connectivity index (χ4v) is 3.68. The Kier molecular flexibility index (Phi) is 4.02. The van der Waals surface area contributed by atoms with Crippen molar-refractivity contribution in [2.24, 2.45) is 5.41 Å². The summed E-state index contributed by atoms with van der Waals surface area (Å²) in [7, 11) is 0. The van der Waals surface area contributed by atoms with E-state index in [1.807, 2.05) is 0 Å². The summed E-state index contributed by atoms with van der Waals surface area (Å²) >= 11 is 0. The van der Waals surface area contributed by atoms with E-state index < -0.39 is 0 Å². The van der Waals surface area contributed by atoms with E-state index in [-0.39, 0.29) is 0 Å². The average molecular weight is 272 g/mol. The van der Waals surface area contributed by atoms with Gasteiger partial charge in [-0.05, 0) is 49.4 Å². The van der Waals surface area contributed by atoms with Gasteiger partial charge in [-0.2, -0.15) is 0 Å². The number of benzene rings is 1. The summed E-state index contributed by atoms with van der Waals surface area (Å²) in [6.07, 6.45) is 5.35. The van der Waals surface area contributed by atoms with Crippen LogP contribution in [-0.4, -0.2) is 31.1 Å². The largest absolute Gasteiger partial charge is 0.385 e. The fraction of sp³-hybridized carbons (Fsp3) is 0.667. The van der Waals surface area contributed by atoms with Gasteiger partial charge in [0.05, 0.1) is 0 Å². The van der Waals surface area contributed by atoms with Crippen LogP contribution in [0.5, 0.6) is 0 Å². The normalized spacial score (nSPS) is 25.8. The van der Waals surface area contributed by atoms with Gasteiger partial charge < -0.3 is 10.2 Å². The van der Waals surface area contributed by atoms with Crippen molar-refractivity contribution >= 4 is 5.69 Å². The highest BCUT2D eigenvalue weighted by molar-refractivity contribution is 5.54. The van der Waals surface area contributed by atoms with Gasteiger partial charge >= 0.3 is 0 Å². The second-order valence-electron chi connectivity index (χ2n) is 6.96. The predicted molar refractivity (Wildman–Crippen MR) is 86.4 cm³/mol. The molecule has 0 bridgehead atoms. The average Bonchev–Trinajstić information content (AvgIpc) is 2.50. The molecule has 2 aliphatic heterocycles. The third-order valence-corrected chi connectivity index (χ3v) is 5.60. The standard InChI is InChI=1S/C18H28N2/c1-3-18(2)9-12-20(13-10-18)14-15-8-11-19-17-7-5-4-6-16(15)17/h4-7,15,19H,3,8-14H2,1-2H3. The zero-order valence-corrected chi connectivity index (χ0v) is 13.0. The molecule has 1 N–H and O–H groups in total. The summed E-state index contributed by atoms with van der Waals surface area (Å²) in [6, 6.07) is 8.86. The van der Waals surface area contributed by atoms with Crippen LogP contribution in [-0.2, 0) is 0 Å². The molecule has 0 radical (unpaired) electrons. The Morgan fingerprint density at radius 2 is 2.00 bits per heavy atom. The molecule has 110 valence electrons. The topological polar surface area (TPSA) is 15.3 Å². The van der Waals surface area contributed by atoms with Gasteiger partial charge in [0.15, 0.2) is 0 Å². The second kappa shape index (κ2) is 5.77. The molecular formula is C18H28N2. The smallest absolute Gasteiger partial charge is 0.0376 e. The highest BCUT2D eigenvalue weighted by atomic mass is 15.1. The maximum atomic E-state index is 3.53. The number of hydrogen-bond acceptors (Lipinski definition) is 2. The molecule has 0 spiro atoms. The molecule has 3 rings (SSSR count). The zero-order valence-electron chi connectivity index (χ0n) is 13.0. The first-order valence-electron chi connectivity index (χ1n) is 8.25. The van der Waals surface area contributed by atoms with Crippen molar-refractivity contribution < 1.29 is 0 Å². The summed E-state index contributed by atoms with van der Waals surface area (Å²) in [5.41, 5.74) is 3.49. The van der Waals surface area contributed by atoms with Crippen molar-refractivity contribution in [2.45, 2.75) is 45.4 Å². The zero-order chi connectivity index (χ0) is 14.0. The first-order chi connectivity index (χ1) is 9.70. The Bertz CT molecular complexity index is 446. The lowest BCUT2D eigenvalue weighted by atomic mass is 9.78. The summed E-state index contributed by atoms with van der Waals surface area (Å²) in [5, 5.41) is 3.53. The van der Waals surface area contributed by atoms with Gasteiger partial charge in [-0.25, -0.2) is 0 Å². The van der Waals surface area contributed by atoms with Gasteiger partial charge in [-0.1, -0.05) is 38.5 Å². The van der Waals surface area contributed by atoms with Crippen LogP contribution in [0.1, 0.15) is 51.0 Å². The van der Waals surface area contributed by atoms with E-state index in [1.165, 1.54) is 56.6 Å². The molecular weight excluding hydrogens is 244 g/mol. The fourth-order valence-electron chi connectivity index (χ4n) is 3.68. The lowest BCUT2D eigenvalue weighted by molar-refractivity contribution is 0.109. The van der Waals surface area contributed by atoms with E-state index in [2.05, 4.69) is 48.3 Å². The first kappa shape index (κ1) is 13.9. The minimum absolute atomic E-state index is 0.600. The Morgan fingerprint density at radius 1 is 1.25 bits per heavy atom. The monoisotopic (exact) mass is 272 g/mol. The number of nitrogens with one attached hydrogen (secondary N) is 1. The number of nitrogens with zero attached hydrogens (tertiary/aromatic N) is 1. The number of likely N-dealkylation sites (tertiary alicyclic amines) is 1. The summed E-state index contributed by atoms with van der Waals surface area (Å²) in [4.78, 5) is 2.70. The first-order valence-corrected chi connectivity index (χ1v) is 8.25. The van der Waals surface area contributed by atoms with E-state index in [4.69, 9.17) is 0 Å². The second-order valence-corrected chi connectivity index (χ2v) is 6.96. The molecule has 2 heteroatoms. The lowest BCUT2D eigenvalue weighted by Gasteiger charge is -2.41. The molecule has 1 atom stereocenters. The Balaban J connectivity index is 1.63. The van der Waals surface area contributed by atoms with Gasteiger partial charge in [0.1, 0.15) is 0 Å². The molecule has 1 saturated heterocycles. The minimum atomic E-state index is 0.600. The van der Waals surface area contributed by atoms with Crippen LogP contribution < -0.4 is 5.32 Å². The van der Waals surface area contributed by atoms with Crippen LogP contribution in [0.4, 0.5) is 5.69 Å². The molecule has 20 heavy (non-hydrogen) atoms. The number of anilines is 1. The van der Waals surface area contributed by atoms with Crippen LogP contribution in [0.15, 0.2) is 24.3 Å². The molecule has 1 fully saturated rings. The van der Waals surface area contributed by atoms with Gasteiger partial charge in [0, 0.05) is 24.7 Å². The van der Waals surface area contributed by atoms with Gasteiger partial charge in [-0.15, -0.1) is 0 Å². The lowest BCUT2D eigenvalue weighted by Crippen LogP contribution is -2.41. The molecule has 2 aliphatic rings. The predicted octanol–water partition coefficient (Wildman–Crippen LogP) is 4.10. The van der Waals surface area contributed by atoms with Crippen molar-refractivity contribution in [2.75, 3.05) is 31.5 Å². The Labute approximate surface area is 123 Å². The van der Waals surface area contributed by atoms with Crippen LogP contribution in [0.3, 0.4) is 0 Å². The Hall–Kier alpha value is -1.02. The van der Waals surface area contributed by atoms with E-state index in [0.717, 1.165) is 12.5 Å². The molecule has 1 unspecified atom stereocenters. The number of hydrogen-bond donors (Lipinski definition) is 1. The van der Waals surface area contributed by atoms with E-state index in [9.17, 15) is 0 Å². The van der Waals surface area contributed by atoms with Crippen LogP contribution in [0.2, 0.25) is 0 Å². The van der Waals surface area contributed by atoms with Crippen LogP contribution in [0.25, 0.3) is 0 Å². The maximum absolute atomic E-state index is 3.53. The summed E-state index contributed by atoms with van der Waals surface area (Å²) < 4.78 is 0. The van der Waals surface area contributed by atoms with Crippen LogP contribution in [0, 0.1) is 5.41 Å². The number of fused-ring (bicyclic) bond motifs is 1. The number of piperidine rings is 1. The van der Waals surface area contributed by atoms with Crippen molar-refractivity contribution in [1.82, 2.24) is 4.90 Å². The van der Waals surface area contributed by atoms with Crippen molar-refractivity contribution in [1.29, 1.82) is 0 Å². The third kappa shape index (κ3) is 2.85. The van der Waals surface area contributed by atoms with Crippen molar-refractivity contribution in [3.8, 4) is 0 Å².